The van der Waals surface area contributed by atoms with E-state index in [0.29, 0.717) is 31.9 Å². The third kappa shape index (κ3) is 8.43. The standard InChI is InChI=1S/C23H37N5O2/c1-4-18(3)27-21(29)11-13-25-23(24-5-2)26-16-20-15-22(30)28(17-20)14-12-19-9-7-6-8-10-19/h6-10,18,20H,4-5,11-17H2,1-3H3,(H,27,29)(H2,24,25,26). The zero-order valence-corrected chi connectivity index (χ0v) is 18.6. The molecule has 0 aliphatic carbocycles. The van der Waals surface area contributed by atoms with Crippen molar-refractivity contribution < 1.29 is 9.59 Å². The molecular weight excluding hydrogens is 378 g/mol. The Morgan fingerprint density at radius 1 is 1.23 bits per heavy atom. The second-order valence-corrected chi connectivity index (χ2v) is 7.92. The van der Waals surface area contributed by atoms with Crippen molar-refractivity contribution in [2.75, 3.05) is 32.7 Å². The number of hydrogen-bond acceptors (Lipinski definition) is 3. The molecule has 1 heterocycles. The van der Waals surface area contributed by atoms with Crippen molar-refractivity contribution in [3.8, 4) is 0 Å². The molecule has 2 atom stereocenters. The van der Waals surface area contributed by atoms with Gasteiger partial charge in [0, 0.05) is 57.5 Å². The van der Waals surface area contributed by atoms with E-state index in [1.54, 1.807) is 0 Å². The summed E-state index contributed by atoms with van der Waals surface area (Å²) in [6.07, 6.45) is 2.76. The van der Waals surface area contributed by atoms with E-state index in [1.165, 1.54) is 5.56 Å². The van der Waals surface area contributed by atoms with Gasteiger partial charge in [-0.1, -0.05) is 37.3 Å². The number of benzene rings is 1. The molecule has 7 nitrogen and oxygen atoms in total. The summed E-state index contributed by atoms with van der Waals surface area (Å²) in [5.74, 6) is 1.19. The first-order valence-electron chi connectivity index (χ1n) is 11.1. The predicted octanol–water partition coefficient (Wildman–Crippen LogP) is 1.94. The zero-order chi connectivity index (χ0) is 21.8. The average Bonchev–Trinajstić information content (AvgIpc) is 3.10. The van der Waals surface area contributed by atoms with Crippen LogP contribution in [0.15, 0.2) is 35.3 Å². The normalized spacial score (nSPS) is 17.7. The van der Waals surface area contributed by atoms with Crippen LogP contribution >= 0.6 is 0 Å². The highest BCUT2D eigenvalue weighted by molar-refractivity contribution is 5.82. The molecule has 0 aromatic heterocycles. The van der Waals surface area contributed by atoms with E-state index in [2.05, 4.69) is 40.0 Å². The van der Waals surface area contributed by atoms with Gasteiger partial charge in [-0.05, 0) is 32.3 Å². The smallest absolute Gasteiger partial charge is 0.223 e. The maximum atomic E-state index is 12.3. The Morgan fingerprint density at radius 3 is 2.70 bits per heavy atom. The summed E-state index contributed by atoms with van der Waals surface area (Å²) >= 11 is 0. The molecule has 1 saturated heterocycles. The lowest BCUT2D eigenvalue weighted by molar-refractivity contribution is -0.127. The summed E-state index contributed by atoms with van der Waals surface area (Å²) < 4.78 is 0. The van der Waals surface area contributed by atoms with Crippen LogP contribution < -0.4 is 16.0 Å². The molecule has 3 N–H and O–H groups in total. The highest BCUT2D eigenvalue weighted by Gasteiger charge is 2.29. The molecule has 166 valence electrons. The first kappa shape index (κ1) is 23.7. The third-order valence-corrected chi connectivity index (χ3v) is 5.32. The molecular formula is C23H37N5O2. The van der Waals surface area contributed by atoms with Crippen LogP contribution in [-0.4, -0.2) is 61.4 Å². The number of guanidine groups is 1. The number of rotatable bonds is 11. The van der Waals surface area contributed by atoms with Crippen molar-refractivity contribution in [1.29, 1.82) is 0 Å². The minimum absolute atomic E-state index is 0.0446. The Hall–Kier alpha value is -2.57. The van der Waals surface area contributed by atoms with Gasteiger partial charge in [-0.15, -0.1) is 0 Å². The molecule has 1 aromatic rings. The summed E-state index contributed by atoms with van der Waals surface area (Å²) in [6.45, 7) is 9.45. The Kier molecular flexibility index (Phi) is 10.2. The SMILES string of the molecule is CCNC(=NCC1CC(=O)N(CCc2ccccc2)C1)NCCC(=O)NC(C)CC. The van der Waals surface area contributed by atoms with Crippen molar-refractivity contribution in [1.82, 2.24) is 20.9 Å². The number of carbonyl (C=O) groups is 2. The fraction of sp³-hybridized carbons (Fsp3) is 0.609. The molecule has 1 aliphatic rings. The Morgan fingerprint density at radius 2 is 2.00 bits per heavy atom. The van der Waals surface area contributed by atoms with Gasteiger partial charge in [0.1, 0.15) is 0 Å². The maximum Gasteiger partial charge on any atom is 0.223 e. The lowest BCUT2D eigenvalue weighted by Gasteiger charge is -2.16. The van der Waals surface area contributed by atoms with Crippen LogP contribution in [0.5, 0.6) is 0 Å². The first-order chi connectivity index (χ1) is 14.5. The van der Waals surface area contributed by atoms with Crippen LogP contribution in [-0.2, 0) is 16.0 Å². The van der Waals surface area contributed by atoms with Gasteiger partial charge in [0.25, 0.3) is 0 Å². The van der Waals surface area contributed by atoms with E-state index in [9.17, 15) is 9.59 Å². The fourth-order valence-corrected chi connectivity index (χ4v) is 3.41. The zero-order valence-electron chi connectivity index (χ0n) is 18.6. The number of nitrogens with one attached hydrogen (secondary N) is 3. The van der Waals surface area contributed by atoms with Crippen LogP contribution in [0.1, 0.15) is 45.6 Å². The number of aliphatic imine (C=N–C) groups is 1. The molecule has 1 aromatic carbocycles. The van der Waals surface area contributed by atoms with Gasteiger partial charge in [0.05, 0.1) is 0 Å². The lowest BCUT2D eigenvalue weighted by Crippen LogP contribution is -2.40. The molecule has 0 bridgehead atoms. The number of nitrogens with zero attached hydrogens (tertiary/aromatic N) is 2. The lowest BCUT2D eigenvalue weighted by atomic mass is 10.1. The molecule has 2 unspecified atom stereocenters. The molecule has 0 saturated carbocycles. The van der Waals surface area contributed by atoms with Crippen LogP contribution in [0, 0.1) is 5.92 Å². The number of amides is 2. The number of hydrogen-bond donors (Lipinski definition) is 3. The van der Waals surface area contributed by atoms with Gasteiger partial charge in [-0.3, -0.25) is 14.6 Å². The summed E-state index contributed by atoms with van der Waals surface area (Å²) in [7, 11) is 0. The monoisotopic (exact) mass is 415 g/mol. The Balaban J connectivity index is 1.75. The molecule has 1 fully saturated rings. The largest absolute Gasteiger partial charge is 0.357 e. The highest BCUT2D eigenvalue weighted by atomic mass is 16.2. The Labute approximate surface area is 180 Å². The van der Waals surface area contributed by atoms with E-state index in [4.69, 9.17) is 0 Å². The second kappa shape index (κ2) is 12.9. The minimum atomic E-state index is 0.0446. The molecule has 1 aliphatic heterocycles. The van der Waals surface area contributed by atoms with Gasteiger partial charge in [-0.2, -0.15) is 0 Å². The summed E-state index contributed by atoms with van der Waals surface area (Å²) in [6, 6.07) is 10.5. The van der Waals surface area contributed by atoms with E-state index in [1.807, 2.05) is 36.9 Å². The van der Waals surface area contributed by atoms with Gasteiger partial charge in [0.2, 0.25) is 11.8 Å². The van der Waals surface area contributed by atoms with Crippen molar-refractivity contribution >= 4 is 17.8 Å². The van der Waals surface area contributed by atoms with E-state index < -0.39 is 0 Å². The van der Waals surface area contributed by atoms with Gasteiger partial charge < -0.3 is 20.9 Å². The van der Waals surface area contributed by atoms with Crippen molar-refractivity contribution in [3.05, 3.63) is 35.9 Å². The topological polar surface area (TPSA) is 85.8 Å². The molecule has 0 radical (unpaired) electrons. The molecule has 2 amide bonds. The number of carbonyl (C=O) groups excluding carboxylic acids is 2. The third-order valence-electron chi connectivity index (χ3n) is 5.32. The van der Waals surface area contributed by atoms with E-state index in [-0.39, 0.29) is 23.8 Å². The van der Waals surface area contributed by atoms with Gasteiger partial charge >= 0.3 is 0 Å². The first-order valence-corrected chi connectivity index (χ1v) is 11.1. The number of likely N-dealkylation sites (tertiary alicyclic amines) is 1. The van der Waals surface area contributed by atoms with Crippen molar-refractivity contribution in [3.63, 3.8) is 0 Å². The van der Waals surface area contributed by atoms with Crippen LogP contribution in [0.2, 0.25) is 0 Å². The summed E-state index contributed by atoms with van der Waals surface area (Å²) in [5, 5.41) is 9.39. The Bertz CT molecular complexity index is 692. The van der Waals surface area contributed by atoms with Crippen LogP contribution in [0.25, 0.3) is 0 Å². The van der Waals surface area contributed by atoms with Crippen LogP contribution in [0.4, 0.5) is 0 Å². The highest BCUT2D eigenvalue weighted by Crippen LogP contribution is 2.18. The molecule has 7 heteroatoms. The minimum Gasteiger partial charge on any atom is -0.357 e. The average molecular weight is 416 g/mol. The van der Waals surface area contributed by atoms with Crippen LogP contribution in [0.3, 0.4) is 0 Å². The fourth-order valence-electron chi connectivity index (χ4n) is 3.41. The quantitative estimate of drug-likeness (QED) is 0.381. The second-order valence-electron chi connectivity index (χ2n) is 7.92. The van der Waals surface area contributed by atoms with E-state index in [0.717, 1.165) is 32.5 Å². The van der Waals surface area contributed by atoms with Crippen molar-refractivity contribution in [2.45, 2.75) is 52.5 Å². The predicted molar refractivity (Wildman–Crippen MR) is 121 cm³/mol. The summed E-state index contributed by atoms with van der Waals surface area (Å²) in [5.41, 5.74) is 1.25. The van der Waals surface area contributed by atoms with Gasteiger partial charge in [-0.25, -0.2) is 0 Å². The van der Waals surface area contributed by atoms with Gasteiger partial charge in [0.15, 0.2) is 5.96 Å². The van der Waals surface area contributed by atoms with Crippen molar-refractivity contribution in [2.24, 2.45) is 10.9 Å². The molecule has 0 spiro atoms. The molecule has 30 heavy (non-hydrogen) atoms. The van der Waals surface area contributed by atoms with E-state index >= 15 is 0 Å². The molecule has 2 rings (SSSR count). The maximum absolute atomic E-state index is 12.3. The summed E-state index contributed by atoms with van der Waals surface area (Å²) in [4.78, 5) is 30.8.